The van der Waals surface area contributed by atoms with Crippen molar-refractivity contribution >= 4 is 16.0 Å². The van der Waals surface area contributed by atoms with Gasteiger partial charge in [0.1, 0.15) is 10.6 Å². The Hall–Kier alpha value is -2.16. The van der Waals surface area contributed by atoms with E-state index in [1.807, 2.05) is 0 Å². The number of H-pyrrole nitrogens is 1. The Morgan fingerprint density at radius 2 is 2.03 bits per heavy atom. The van der Waals surface area contributed by atoms with Gasteiger partial charge in [-0.3, -0.25) is 4.90 Å². The molecule has 2 aliphatic heterocycles. The van der Waals surface area contributed by atoms with Crippen LogP contribution < -0.4 is 0 Å². The van der Waals surface area contributed by atoms with Crippen molar-refractivity contribution < 1.29 is 17.9 Å². The van der Waals surface area contributed by atoms with Crippen molar-refractivity contribution in [2.45, 2.75) is 30.7 Å². The minimum Gasteiger partial charge on any atom is -0.464 e. The van der Waals surface area contributed by atoms with E-state index in [9.17, 15) is 13.2 Å². The Kier molecular flexibility index (Phi) is 5.76. The molecule has 0 radical (unpaired) electrons. The van der Waals surface area contributed by atoms with Crippen LogP contribution in [-0.2, 0) is 27.7 Å². The molecule has 1 N–H and O–H groups in total. The molecule has 3 heterocycles. The predicted octanol–water partition coefficient (Wildman–Crippen LogP) is 2.26. The summed E-state index contributed by atoms with van der Waals surface area (Å²) in [6.45, 7) is 3.88. The fourth-order valence-electron chi connectivity index (χ4n) is 4.37. The van der Waals surface area contributed by atoms with Crippen molar-refractivity contribution in [3.8, 4) is 0 Å². The Morgan fingerprint density at radius 1 is 1.24 bits per heavy atom. The first kappa shape index (κ1) is 20.1. The molecule has 1 saturated heterocycles. The van der Waals surface area contributed by atoms with Gasteiger partial charge in [-0.2, -0.15) is 4.31 Å². The molecule has 0 unspecified atom stereocenters. The van der Waals surface area contributed by atoms with Crippen LogP contribution >= 0.6 is 0 Å². The van der Waals surface area contributed by atoms with Gasteiger partial charge >= 0.3 is 5.97 Å². The fourth-order valence-corrected chi connectivity index (χ4v) is 5.92. The number of hydrogen-bond acceptors (Lipinski definition) is 5. The number of rotatable bonds is 5. The monoisotopic (exact) mass is 417 g/mol. The normalized spacial score (nSPS) is 20.9. The van der Waals surface area contributed by atoms with E-state index >= 15 is 0 Å². The third kappa shape index (κ3) is 4.24. The zero-order chi connectivity index (χ0) is 20.4. The van der Waals surface area contributed by atoms with Crippen molar-refractivity contribution in [1.29, 1.82) is 0 Å². The number of fused-ring (bicyclic) bond motifs is 1. The van der Waals surface area contributed by atoms with Crippen molar-refractivity contribution in [1.82, 2.24) is 14.2 Å². The first-order chi connectivity index (χ1) is 14.0. The quantitative estimate of drug-likeness (QED) is 0.755. The van der Waals surface area contributed by atoms with Crippen LogP contribution in [-0.4, -0.2) is 61.9 Å². The molecule has 0 aliphatic carbocycles. The summed E-state index contributed by atoms with van der Waals surface area (Å²) in [4.78, 5) is 16.9. The number of benzene rings is 1. The van der Waals surface area contributed by atoms with Crippen molar-refractivity contribution in [3.63, 3.8) is 0 Å². The van der Waals surface area contributed by atoms with E-state index in [0.29, 0.717) is 19.0 Å². The lowest BCUT2D eigenvalue weighted by Crippen LogP contribution is -2.44. The first-order valence-electron chi connectivity index (χ1n) is 10.0. The van der Waals surface area contributed by atoms with Crippen LogP contribution in [0.3, 0.4) is 0 Å². The molecule has 0 amide bonds. The van der Waals surface area contributed by atoms with Crippen molar-refractivity contribution in [2.75, 3.05) is 33.3 Å². The molecule has 4 rings (SSSR count). The second kappa shape index (κ2) is 8.30. The number of ether oxygens (including phenoxy) is 1. The third-order valence-electron chi connectivity index (χ3n) is 5.91. The number of carbonyl (C=O) groups is 1. The molecule has 1 aromatic heterocycles. The first-order valence-corrected chi connectivity index (χ1v) is 11.5. The number of sulfonamides is 1. The highest BCUT2D eigenvalue weighted by Gasteiger charge is 2.32. The number of piperidine rings is 1. The molecule has 2 aliphatic rings. The van der Waals surface area contributed by atoms with Crippen LogP contribution in [0.25, 0.3) is 0 Å². The maximum atomic E-state index is 13.1. The number of methoxy groups -OCH3 is 1. The zero-order valence-electron chi connectivity index (χ0n) is 16.6. The van der Waals surface area contributed by atoms with E-state index < -0.39 is 16.0 Å². The van der Waals surface area contributed by atoms with Gasteiger partial charge in [-0.1, -0.05) is 24.3 Å². The largest absolute Gasteiger partial charge is 0.464 e. The Balaban J connectivity index is 1.42. The lowest BCUT2D eigenvalue weighted by Gasteiger charge is -2.36. The predicted molar refractivity (Wildman–Crippen MR) is 109 cm³/mol. The molecule has 0 bridgehead atoms. The topological polar surface area (TPSA) is 82.7 Å². The molecule has 1 aromatic carbocycles. The lowest BCUT2D eigenvalue weighted by molar-refractivity contribution is 0.0594. The highest BCUT2D eigenvalue weighted by atomic mass is 32.2. The highest BCUT2D eigenvalue weighted by Crippen LogP contribution is 2.27. The van der Waals surface area contributed by atoms with Gasteiger partial charge in [0.2, 0.25) is 10.0 Å². The minimum atomic E-state index is -3.63. The minimum absolute atomic E-state index is 0.116. The number of esters is 1. The second-order valence-electron chi connectivity index (χ2n) is 7.87. The maximum Gasteiger partial charge on any atom is 0.354 e. The SMILES string of the molecule is COC(=O)c1cc(S(=O)(=O)N2CCC[C@H](CN3CCc4ccccc4C3)C2)c[nH]1. The average molecular weight is 418 g/mol. The maximum absolute atomic E-state index is 13.1. The van der Waals surface area contributed by atoms with Crippen LogP contribution in [0, 0.1) is 5.92 Å². The summed E-state index contributed by atoms with van der Waals surface area (Å²) in [7, 11) is -2.36. The van der Waals surface area contributed by atoms with Gasteiger partial charge in [0.05, 0.1) is 7.11 Å². The molecule has 1 fully saturated rings. The van der Waals surface area contributed by atoms with E-state index in [-0.39, 0.29) is 10.6 Å². The average Bonchev–Trinajstić information content (AvgIpc) is 3.24. The van der Waals surface area contributed by atoms with E-state index in [2.05, 4.69) is 38.9 Å². The fraction of sp³-hybridized carbons (Fsp3) is 0.476. The van der Waals surface area contributed by atoms with E-state index in [1.165, 1.54) is 30.5 Å². The number of carbonyl (C=O) groups excluding carboxylic acids is 1. The summed E-state index contributed by atoms with van der Waals surface area (Å²) in [6, 6.07) is 9.90. The number of nitrogens with one attached hydrogen (secondary N) is 1. The lowest BCUT2D eigenvalue weighted by atomic mass is 9.95. The molecule has 8 heteroatoms. The summed E-state index contributed by atoms with van der Waals surface area (Å²) in [5.41, 5.74) is 2.94. The number of hydrogen-bond donors (Lipinski definition) is 1. The second-order valence-corrected chi connectivity index (χ2v) is 9.80. The van der Waals surface area contributed by atoms with Gasteiger partial charge < -0.3 is 9.72 Å². The van der Waals surface area contributed by atoms with Gasteiger partial charge in [0.15, 0.2) is 0 Å². The van der Waals surface area contributed by atoms with Gasteiger partial charge in [-0.25, -0.2) is 13.2 Å². The molecule has 29 heavy (non-hydrogen) atoms. The zero-order valence-corrected chi connectivity index (χ0v) is 17.5. The van der Waals surface area contributed by atoms with Crippen LogP contribution in [0.5, 0.6) is 0 Å². The summed E-state index contributed by atoms with van der Waals surface area (Å²) < 4.78 is 32.3. The van der Waals surface area contributed by atoms with Gasteiger partial charge in [-0.15, -0.1) is 0 Å². The standard InChI is InChI=1S/C21H27N3O4S/c1-28-21(25)20-11-19(12-22-20)29(26,27)24-9-4-5-16(14-24)13-23-10-8-17-6-2-3-7-18(17)15-23/h2-3,6-7,11-12,16,22H,4-5,8-10,13-15H2,1H3/t16-/m1/s1. The van der Waals surface area contributed by atoms with Crippen molar-refractivity contribution in [2.24, 2.45) is 5.92 Å². The van der Waals surface area contributed by atoms with Crippen LogP contribution in [0.15, 0.2) is 41.4 Å². The van der Waals surface area contributed by atoms with E-state index in [4.69, 9.17) is 0 Å². The molecule has 156 valence electrons. The smallest absolute Gasteiger partial charge is 0.354 e. The molecular formula is C21H27N3O4S. The number of aromatic amines is 1. The van der Waals surface area contributed by atoms with E-state index in [1.54, 1.807) is 4.31 Å². The summed E-state index contributed by atoms with van der Waals surface area (Å²) in [5.74, 6) is -0.267. The van der Waals surface area contributed by atoms with Crippen LogP contribution in [0.1, 0.15) is 34.5 Å². The summed E-state index contributed by atoms with van der Waals surface area (Å²) >= 11 is 0. The summed E-state index contributed by atoms with van der Waals surface area (Å²) in [6.07, 6.45) is 4.30. The molecule has 1 atom stereocenters. The Labute approximate surface area is 171 Å². The van der Waals surface area contributed by atoms with E-state index in [0.717, 1.165) is 38.9 Å². The molecule has 0 spiro atoms. The van der Waals surface area contributed by atoms with Crippen LogP contribution in [0.2, 0.25) is 0 Å². The summed E-state index contributed by atoms with van der Waals surface area (Å²) in [5, 5.41) is 0. The van der Waals surface area contributed by atoms with Crippen molar-refractivity contribution in [3.05, 3.63) is 53.3 Å². The highest BCUT2D eigenvalue weighted by molar-refractivity contribution is 7.89. The van der Waals surface area contributed by atoms with Crippen LogP contribution in [0.4, 0.5) is 0 Å². The Bertz CT molecular complexity index is 985. The van der Waals surface area contributed by atoms with Gasteiger partial charge in [0.25, 0.3) is 0 Å². The molecule has 7 nitrogen and oxygen atoms in total. The Morgan fingerprint density at radius 3 is 2.83 bits per heavy atom. The molecule has 2 aromatic rings. The number of aromatic nitrogens is 1. The third-order valence-corrected chi connectivity index (χ3v) is 7.75. The molecular weight excluding hydrogens is 390 g/mol. The van der Waals surface area contributed by atoms with Gasteiger partial charge in [-0.05, 0) is 42.4 Å². The number of nitrogens with zero attached hydrogens (tertiary/aromatic N) is 2. The van der Waals surface area contributed by atoms with Gasteiger partial charge in [0, 0.05) is 38.9 Å². The molecule has 0 saturated carbocycles.